The van der Waals surface area contributed by atoms with E-state index in [0.29, 0.717) is 0 Å². The maximum absolute atomic E-state index is 4.18. The van der Waals surface area contributed by atoms with E-state index < -0.39 is 0 Å². The molecule has 1 aromatic heterocycles. The topological polar surface area (TPSA) is 37.8 Å². The van der Waals surface area contributed by atoms with Crippen LogP contribution >= 0.6 is 43.2 Å². The molecule has 84 valence electrons. The van der Waals surface area contributed by atoms with E-state index in [1.54, 1.807) is 11.3 Å². The largest absolute Gasteiger partial charge is 0.313 e. The molecule has 2 rings (SSSR count). The van der Waals surface area contributed by atoms with Crippen molar-refractivity contribution >= 4 is 43.2 Å². The molecule has 0 aliphatic carbocycles. The minimum atomic E-state index is 0.753. The second-order valence-electron chi connectivity index (χ2n) is 3.16. The van der Waals surface area contributed by atoms with Crippen LogP contribution in [0.4, 0.5) is 0 Å². The minimum absolute atomic E-state index is 0.753. The molecule has 0 aliphatic rings. The lowest BCUT2D eigenvalue weighted by Crippen LogP contribution is -2.04. The zero-order valence-corrected chi connectivity index (χ0v) is 12.5. The molecule has 1 heterocycles. The first-order valence-electron chi connectivity index (χ1n) is 4.63. The van der Waals surface area contributed by atoms with Crippen molar-refractivity contribution in [2.45, 2.75) is 6.54 Å². The zero-order chi connectivity index (χ0) is 11.5. The molecule has 0 atom stereocenters. The summed E-state index contributed by atoms with van der Waals surface area (Å²) in [7, 11) is 1.90. The summed E-state index contributed by atoms with van der Waals surface area (Å²) in [6.07, 6.45) is 0. The number of aromatic nitrogens is 2. The van der Waals surface area contributed by atoms with Gasteiger partial charge in [0, 0.05) is 21.1 Å². The number of halogens is 2. The number of nitrogens with one attached hydrogen (secondary N) is 1. The number of benzene rings is 1. The summed E-state index contributed by atoms with van der Waals surface area (Å²) in [5.41, 5.74) is 1.06. The third kappa shape index (κ3) is 2.68. The highest BCUT2D eigenvalue weighted by molar-refractivity contribution is 9.11. The lowest BCUT2D eigenvalue weighted by molar-refractivity contribution is 0.795. The Kier molecular flexibility index (Phi) is 4.07. The van der Waals surface area contributed by atoms with E-state index in [1.807, 2.05) is 25.2 Å². The highest BCUT2D eigenvalue weighted by Gasteiger charge is 2.09. The maximum Gasteiger partial charge on any atom is 0.149 e. The van der Waals surface area contributed by atoms with Crippen LogP contribution in [0.1, 0.15) is 5.01 Å². The summed E-state index contributed by atoms with van der Waals surface area (Å²) in [5.74, 6) is 0. The molecular weight excluding hydrogens is 354 g/mol. The highest BCUT2D eigenvalue weighted by atomic mass is 79.9. The summed E-state index contributed by atoms with van der Waals surface area (Å²) in [6, 6.07) is 6.02. The lowest BCUT2D eigenvalue weighted by atomic mass is 10.2. The van der Waals surface area contributed by atoms with Crippen molar-refractivity contribution in [1.82, 2.24) is 15.5 Å². The molecule has 1 aromatic carbocycles. The SMILES string of the molecule is CNCc1nnc(-c2cc(Br)ccc2Br)s1. The molecule has 0 unspecified atom stereocenters. The van der Waals surface area contributed by atoms with Gasteiger partial charge in [0.25, 0.3) is 0 Å². The molecule has 0 aliphatic heterocycles. The molecule has 0 spiro atoms. The van der Waals surface area contributed by atoms with E-state index in [4.69, 9.17) is 0 Å². The average Bonchev–Trinajstić information content (AvgIpc) is 2.71. The van der Waals surface area contributed by atoms with Crippen molar-refractivity contribution in [2.24, 2.45) is 0 Å². The number of rotatable bonds is 3. The van der Waals surface area contributed by atoms with Crippen LogP contribution in [-0.4, -0.2) is 17.2 Å². The van der Waals surface area contributed by atoms with Crippen LogP contribution in [0.15, 0.2) is 27.1 Å². The van der Waals surface area contributed by atoms with Gasteiger partial charge in [-0.2, -0.15) is 0 Å². The fraction of sp³-hybridized carbons (Fsp3) is 0.200. The molecule has 0 bridgehead atoms. The van der Waals surface area contributed by atoms with Crippen molar-refractivity contribution in [3.05, 3.63) is 32.2 Å². The maximum atomic E-state index is 4.18. The molecule has 0 saturated heterocycles. The Hall–Kier alpha value is -0.300. The zero-order valence-electron chi connectivity index (χ0n) is 8.50. The van der Waals surface area contributed by atoms with Gasteiger partial charge in [0.15, 0.2) is 0 Å². The Bertz CT molecular complexity index is 499. The smallest absolute Gasteiger partial charge is 0.149 e. The van der Waals surface area contributed by atoms with Crippen molar-refractivity contribution in [3.63, 3.8) is 0 Å². The molecule has 6 heteroatoms. The molecule has 2 aromatic rings. The second-order valence-corrected chi connectivity index (χ2v) is 5.99. The second kappa shape index (κ2) is 5.35. The van der Waals surface area contributed by atoms with Crippen molar-refractivity contribution in [2.75, 3.05) is 7.05 Å². The van der Waals surface area contributed by atoms with Crippen LogP contribution in [0.5, 0.6) is 0 Å². The minimum Gasteiger partial charge on any atom is -0.313 e. The van der Waals surface area contributed by atoms with Gasteiger partial charge in [-0.05, 0) is 25.2 Å². The van der Waals surface area contributed by atoms with Crippen LogP contribution in [0.25, 0.3) is 10.6 Å². The summed E-state index contributed by atoms with van der Waals surface area (Å²) >= 11 is 8.57. The molecule has 1 N–H and O–H groups in total. The van der Waals surface area contributed by atoms with E-state index in [1.165, 1.54) is 0 Å². The van der Waals surface area contributed by atoms with E-state index in [2.05, 4.69) is 47.4 Å². The summed E-state index contributed by atoms with van der Waals surface area (Å²) < 4.78 is 2.07. The summed E-state index contributed by atoms with van der Waals surface area (Å²) in [4.78, 5) is 0. The van der Waals surface area contributed by atoms with Crippen LogP contribution in [-0.2, 0) is 6.54 Å². The van der Waals surface area contributed by atoms with Crippen molar-refractivity contribution < 1.29 is 0 Å². The van der Waals surface area contributed by atoms with E-state index in [0.717, 1.165) is 31.1 Å². The quantitative estimate of drug-likeness (QED) is 0.908. The van der Waals surface area contributed by atoms with Gasteiger partial charge in [0.2, 0.25) is 0 Å². The molecular formula is C10H9Br2N3S. The van der Waals surface area contributed by atoms with Crippen LogP contribution in [0.3, 0.4) is 0 Å². The predicted octanol–water partition coefficient (Wildman–Crippen LogP) is 3.45. The van der Waals surface area contributed by atoms with Gasteiger partial charge in [-0.15, -0.1) is 10.2 Å². The van der Waals surface area contributed by atoms with Crippen molar-refractivity contribution in [1.29, 1.82) is 0 Å². The van der Waals surface area contributed by atoms with Crippen LogP contribution < -0.4 is 5.32 Å². The third-order valence-corrected chi connectivity index (χ3v) is 4.09. The van der Waals surface area contributed by atoms with Gasteiger partial charge >= 0.3 is 0 Å². The van der Waals surface area contributed by atoms with E-state index >= 15 is 0 Å². The average molecular weight is 363 g/mol. The molecule has 0 fully saturated rings. The number of hydrogen-bond acceptors (Lipinski definition) is 4. The molecule has 16 heavy (non-hydrogen) atoms. The number of hydrogen-bond donors (Lipinski definition) is 1. The Balaban J connectivity index is 2.38. The van der Waals surface area contributed by atoms with Gasteiger partial charge in [-0.1, -0.05) is 43.2 Å². The summed E-state index contributed by atoms with van der Waals surface area (Å²) in [5, 5.41) is 13.3. The Morgan fingerprint density at radius 2 is 2.12 bits per heavy atom. The van der Waals surface area contributed by atoms with Crippen LogP contribution in [0, 0.1) is 0 Å². The fourth-order valence-corrected chi connectivity index (χ4v) is 3.06. The monoisotopic (exact) mass is 361 g/mol. The molecule has 0 radical (unpaired) electrons. The fourth-order valence-electron chi connectivity index (χ4n) is 1.25. The number of nitrogens with zero attached hydrogens (tertiary/aromatic N) is 2. The van der Waals surface area contributed by atoms with Crippen LogP contribution in [0.2, 0.25) is 0 Å². The van der Waals surface area contributed by atoms with E-state index in [-0.39, 0.29) is 0 Å². The first-order valence-corrected chi connectivity index (χ1v) is 7.03. The van der Waals surface area contributed by atoms with E-state index in [9.17, 15) is 0 Å². The molecule has 0 saturated carbocycles. The Morgan fingerprint density at radius 3 is 2.88 bits per heavy atom. The Morgan fingerprint density at radius 1 is 1.31 bits per heavy atom. The lowest BCUT2D eigenvalue weighted by Gasteiger charge is -2.00. The molecule has 3 nitrogen and oxygen atoms in total. The third-order valence-electron chi connectivity index (χ3n) is 1.95. The van der Waals surface area contributed by atoms with Gasteiger partial charge in [0.05, 0.1) is 0 Å². The summed E-state index contributed by atoms with van der Waals surface area (Å²) in [6.45, 7) is 0.753. The normalized spacial score (nSPS) is 10.7. The van der Waals surface area contributed by atoms with Crippen molar-refractivity contribution in [3.8, 4) is 10.6 Å². The van der Waals surface area contributed by atoms with Gasteiger partial charge in [0.1, 0.15) is 10.0 Å². The first kappa shape index (κ1) is 12.2. The molecule has 0 amide bonds. The Labute approximate surface area is 115 Å². The first-order chi connectivity index (χ1) is 7.70. The van der Waals surface area contributed by atoms with Gasteiger partial charge in [-0.25, -0.2) is 0 Å². The van der Waals surface area contributed by atoms with Gasteiger partial charge in [-0.3, -0.25) is 0 Å². The standard InChI is InChI=1S/C10H9Br2N3S/c1-13-5-9-14-15-10(16-9)7-4-6(11)2-3-8(7)12/h2-4,13H,5H2,1H3. The van der Waals surface area contributed by atoms with Gasteiger partial charge < -0.3 is 5.32 Å². The highest BCUT2D eigenvalue weighted by Crippen LogP contribution is 2.32. The predicted molar refractivity (Wildman–Crippen MR) is 73.5 cm³/mol.